The SMILES string of the molecule is [C-]#[N+]c1ccc([C@@H]2CN3CCN(C(=O)OC(C)(C)C)C[C@@H]3CO2)c(OC)c1F.[C-]#[N+]c1ccc([C@@H]2CN3CCN(C(=O)OC(C)(C)C)C[C@H]3CO2)c(OC)c1F. The van der Waals surface area contributed by atoms with Gasteiger partial charge in [0.05, 0.1) is 64.9 Å². The van der Waals surface area contributed by atoms with Gasteiger partial charge in [0.2, 0.25) is 11.4 Å². The molecule has 0 saturated carbocycles. The number of amides is 2. The van der Waals surface area contributed by atoms with Gasteiger partial charge in [0.25, 0.3) is 0 Å². The predicted octanol–water partition coefficient (Wildman–Crippen LogP) is 6.76. The van der Waals surface area contributed by atoms with Crippen molar-refractivity contribution in [3.05, 3.63) is 69.9 Å². The van der Waals surface area contributed by atoms with Gasteiger partial charge < -0.3 is 38.2 Å². The van der Waals surface area contributed by atoms with E-state index in [0.717, 1.165) is 0 Å². The molecule has 4 aliphatic heterocycles. The lowest BCUT2D eigenvalue weighted by Gasteiger charge is -2.46. The second-order valence-electron chi connectivity index (χ2n) is 16.1. The number of benzene rings is 2. The highest BCUT2D eigenvalue weighted by atomic mass is 19.1. The number of carbonyl (C=O) groups is 2. The Morgan fingerprint density at radius 2 is 1.04 bits per heavy atom. The van der Waals surface area contributed by atoms with Crippen LogP contribution in [0.3, 0.4) is 0 Å². The zero-order valence-corrected chi connectivity index (χ0v) is 33.4. The lowest BCUT2D eigenvalue weighted by Crippen LogP contribution is -2.60. The third kappa shape index (κ3) is 9.97. The van der Waals surface area contributed by atoms with Gasteiger partial charge in [-0.05, 0) is 41.5 Å². The molecule has 0 radical (unpaired) electrons. The van der Waals surface area contributed by atoms with Crippen molar-refractivity contribution < 1.29 is 46.8 Å². The van der Waals surface area contributed by atoms with Crippen LogP contribution in [-0.4, -0.2) is 135 Å². The Bertz CT molecular complexity index is 1710. The quantitative estimate of drug-likeness (QED) is 0.309. The number of ether oxygens (including phenoxy) is 6. The van der Waals surface area contributed by atoms with Crippen LogP contribution < -0.4 is 9.47 Å². The average molecular weight is 783 g/mol. The Labute approximate surface area is 327 Å². The lowest BCUT2D eigenvalue weighted by atomic mass is 10.0. The molecule has 16 heteroatoms. The first kappa shape index (κ1) is 42.4. The lowest BCUT2D eigenvalue weighted by molar-refractivity contribution is -0.0914. The molecule has 0 N–H and O–H groups in total. The van der Waals surface area contributed by atoms with E-state index in [-0.39, 0.29) is 59.4 Å². The summed E-state index contributed by atoms with van der Waals surface area (Å²) < 4.78 is 62.2. The molecule has 304 valence electrons. The Morgan fingerprint density at radius 1 is 0.661 bits per heavy atom. The van der Waals surface area contributed by atoms with Crippen LogP contribution in [0.25, 0.3) is 9.69 Å². The fourth-order valence-corrected chi connectivity index (χ4v) is 7.15. The van der Waals surface area contributed by atoms with E-state index in [0.29, 0.717) is 76.7 Å². The number of fused-ring (bicyclic) bond motifs is 2. The molecule has 4 heterocycles. The van der Waals surface area contributed by atoms with Gasteiger partial charge in [-0.25, -0.2) is 28.1 Å². The van der Waals surface area contributed by atoms with Crippen LogP contribution in [-0.2, 0) is 18.9 Å². The molecule has 2 aromatic rings. The van der Waals surface area contributed by atoms with Crippen LogP contribution in [0.5, 0.6) is 11.5 Å². The molecule has 0 bridgehead atoms. The maximum absolute atomic E-state index is 14.4. The molecule has 4 aliphatic rings. The molecule has 4 saturated heterocycles. The third-order valence-corrected chi connectivity index (χ3v) is 9.85. The molecule has 14 nitrogen and oxygen atoms in total. The fraction of sp³-hybridized carbons (Fsp3) is 0.600. The minimum Gasteiger partial charge on any atom is -0.495 e. The highest BCUT2D eigenvalue weighted by molar-refractivity contribution is 5.69. The van der Waals surface area contributed by atoms with Crippen molar-refractivity contribution in [3.8, 4) is 11.5 Å². The normalized spacial score (nSPS) is 22.9. The van der Waals surface area contributed by atoms with Gasteiger partial charge in [-0.2, -0.15) is 0 Å². The first-order valence-corrected chi connectivity index (χ1v) is 18.6. The zero-order chi connectivity index (χ0) is 40.9. The van der Waals surface area contributed by atoms with Crippen molar-refractivity contribution in [2.24, 2.45) is 0 Å². The molecule has 4 fully saturated rings. The van der Waals surface area contributed by atoms with Gasteiger partial charge in [0.1, 0.15) is 22.7 Å². The second-order valence-corrected chi connectivity index (χ2v) is 16.1. The van der Waals surface area contributed by atoms with Crippen molar-refractivity contribution in [1.82, 2.24) is 19.6 Å². The van der Waals surface area contributed by atoms with Crippen molar-refractivity contribution >= 4 is 23.6 Å². The van der Waals surface area contributed by atoms with Crippen molar-refractivity contribution in [3.63, 3.8) is 0 Å². The molecular weight excluding hydrogens is 730 g/mol. The topological polar surface area (TPSA) is 111 Å². The number of piperazine rings is 2. The maximum Gasteiger partial charge on any atom is 0.410 e. The van der Waals surface area contributed by atoms with Crippen LogP contribution >= 0.6 is 0 Å². The molecule has 56 heavy (non-hydrogen) atoms. The summed E-state index contributed by atoms with van der Waals surface area (Å²) in [4.78, 5) is 38.9. The predicted molar refractivity (Wildman–Crippen MR) is 202 cm³/mol. The molecule has 0 spiro atoms. The Kier molecular flexibility index (Phi) is 13.3. The van der Waals surface area contributed by atoms with E-state index in [2.05, 4.69) is 19.5 Å². The highest BCUT2D eigenvalue weighted by Crippen LogP contribution is 2.39. The van der Waals surface area contributed by atoms with E-state index >= 15 is 0 Å². The average Bonchev–Trinajstić information content (AvgIpc) is 3.15. The first-order valence-electron chi connectivity index (χ1n) is 18.6. The van der Waals surface area contributed by atoms with Gasteiger partial charge >= 0.3 is 12.2 Å². The zero-order valence-electron chi connectivity index (χ0n) is 33.4. The van der Waals surface area contributed by atoms with E-state index in [1.165, 1.54) is 26.4 Å². The maximum atomic E-state index is 14.4. The summed E-state index contributed by atoms with van der Waals surface area (Å²) in [5.41, 5.74) is 0.00226. The van der Waals surface area contributed by atoms with Crippen molar-refractivity contribution in [2.45, 2.75) is 77.0 Å². The number of hydrogen-bond acceptors (Lipinski definition) is 10. The third-order valence-electron chi connectivity index (χ3n) is 9.85. The van der Waals surface area contributed by atoms with E-state index in [9.17, 15) is 18.4 Å². The van der Waals surface area contributed by atoms with Crippen LogP contribution in [0.1, 0.15) is 64.9 Å². The molecule has 2 aromatic carbocycles. The van der Waals surface area contributed by atoms with Crippen LogP contribution in [0, 0.1) is 24.8 Å². The molecule has 0 aliphatic carbocycles. The van der Waals surface area contributed by atoms with E-state index in [1.807, 2.05) is 41.5 Å². The molecule has 4 atom stereocenters. The monoisotopic (exact) mass is 782 g/mol. The smallest absolute Gasteiger partial charge is 0.410 e. The van der Waals surface area contributed by atoms with Crippen molar-refractivity contribution in [2.75, 3.05) is 79.8 Å². The number of nitrogens with zero attached hydrogens (tertiary/aromatic N) is 6. The molecule has 6 rings (SSSR count). The van der Waals surface area contributed by atoms with Gasteiger partial charge in [0, 0.05) is 63.5 Å². The van der Waals surface area contributed by atoms with E-state index in [4.69, 9.17) is 41.6 Å². The number of morpholine rings is 2. The first-order chi connectivity index (χ1) is 26.5. The van der Waals surface area contributed by atoms with Gasteiger partial charge in [-0.1, -0.05) is 24.3 Å². The standard InChI is InChI=1S/2C20H26FN3O4/c2*1-20(2,3)28-19(25)24-9-8-23-11-16(27-12-13(23)10-24)14-6-7-15(22-4)17(21)18(14)26-5/h2*6-7,13,16H,8-12H2,1-3,5H3/t13-,16+;13-,16-/m10/s1. The molecular formula is C40H52F2N6O8. The van der Waals surface area contributed by atoms with Crippen LogP contribution in [0.2, 0.25) is 0 Å². The Balaban J connectivity index is 0.000000214. The fourth-order valence-electron chi connectivity index (χ4n) is 7.15. The van der Waals surface area contributed by atoms with E-state index in [1.54, 1.807) is 21.9 Å². The molecule has 0 unspecified atom stereocenters. The summed E-state index contributed by atoms with van der Waals surface area (Å²) in [5.74, 6) is -1.19. The largest absolute Gasteiger partial charge is 0.495 e. The summed E-state index contributed by atoms with van der Waals surface area (Å²) in [6, 6.07) is 6.42. The summed E-state index contributed by atoms with van der Waals surface area (Å²) in [7, 11) is 2.78. The Hall–Kier alpha value is -4.74. The number of halogens is 2. The summed E-state index contributed by atoms with van der Waals surface area (Å²) in [6.07, 6.45) is -1.33. The number of rotatable bonds is 4. The minimum atomic E-state index is -0.657. The number of carbonyl (C=O) groups excluding carboxylic acids is 2. The Morgan fingerprint density at radius 3 is 1.36 bits per heavy atom. The van der Waals surface area contributed by atoms with Gasteiger partial charge in [-0.15, -0.1) is 0 Å². The summed E-state index contributed by atoms with van der Waals surface area (Å²) in [5, 5.41) is 0. The molecule has 0 aromatic heterocycles. The van der Waals surface area contributed by atoms with Gasteiger partial charge in [-0.3, -0.25) is 9.80 Å². The second kappa shape index (κ2) is 17.6. The number of hydrogen-bond donors (Lipinski definition) is 0. The molecule has 2 amide bonds. The van der Waals surface area contributed by atoms with E-state index < -0.39 is 22.8 Å². The van der Waals surface area contributed by atoms with Crippen molar-refractivity contribution in [1.29, 1.82) is 0 Å². The summed E-state index contributed by atoms with van der Waals surface area (Å²) >= 11 is 0. The van der Waals surface area contributed by atoms with Crippen LogP contribution in [0.4, 0.5) is 29.7 Å². The van der Waals surface area contributed by atoms with Gasteiger partial charge in [0.15, 0.2) is 11.6 Å². The minimum absolute atomic E-state index is 0.0596. The van der Waals surface area contributed by atoms with Crippen LogP contribution in [0.15, 0.2) is 24.3 Å². The number of methoxy groups -OCH3 is 2. The highest BCUT2D eigenvalue weighted by Gasteiger charge is 2.39. The summed E-state index contributed by atoms with van der Waals surface area (Å²) in [6.45, 7) is 30.7.